The van der Waals surface area contributed by atoms with Gasteiger partial charge in [0.05, 0.1) is 6.10 Å². The molecule has 0 bridgehead atoms. The fraction of sp³-hybridized carbons (Fsp3) is 1.00. The third-order valence-corrected chi connectivity index (χ3v) is 2.47. The summed E-state index contributed by atoms with van der Waals surface area (Å²) in [6, 6.07) is 0. The molecule has 1 nitrogen and oxygen atoms in total. The molecule has 0 saturated heterocycles. The van der Waals surface area contributed by atoms with Crippen LogP contribution in [0.25, 0.3) is 0 Å². The van der Waals surface area contributed by atoms with Gasteiger partial charge in [0.25, 0.3) is 0 Å². The summed E-state index contributed by atoms with van der Waals surface area (Å²) in [4.78, 5) is 0. The second-order valence-corrected chi connectivity index (χ2v) is 3.83. The third kappa shape index (κ3) is 1.57. The standard InChI is InChI=1S/C5H9IO/c6-4-1-2-5(7)3-4/h4-5,7H,1-3H2. The van der Waals surface area contributed by atoms with E-state index in [0.717, 1.165) is 16.8 Å². The van der Waals surface area contributed by atoms with Gasteiger partial charge in [0, 0.05) is 3.92 Å². The van der Waals surface area contributed by atoms with E-state index in [9.17, 15) is 0 Å². The maximum Gasteiger partial charge on any atom is 0.0550 e. The fourth-order valence-corrected chi connectivity index (χ4v) is 1.85. The Morgan fingerprint density at radius 2 is 2.14 bits per heavy atom. The quantitative estimate of drug-likeness (QED) is 0.474. The Morgan fingerprint density at radius 3 is 2.29 bits per heavy atom. The van der Waals surface area contributed by atoms with Crippen molar-refractivity contribution in [3.63, 3.8) is 0 Å². The van der Waals surface area contributed by atoms with E-state index in [1.54, 1.807) is 0 Å². The average Bonchev–Trinajstić information content (AvgIpc) is 1.87. The van der Waals surface area contributed by atoms with Crippen molar-refractivity contribution in [2.45, 2.75) is 29.3 Å². The SMILES string of the molecule is OC1CCC(I)C1. The first-order valence-corrected chi connectivity index (χ1v) is 3.86. The van der Waals surface area contributed by atoms with Crippen LogP contribution in [0.2, 0.25) is 0 Å². The van der Waals surface area contributed by atoms with Gasteiger partial charge in [0.2, 0.25) is 0 Å². The van der Waals surface area contributed by atoms with Crippen molar-refractivity contribution >= 4 is 22.6 Å². The van der Waals surface area contributed by atoms with Crippen molar-refractivity contribution in [3.8, 4) is 0 Å². The average molecular weight is 212 g/mol. The van der Waals surface area contributed by atoms with E-state index >= 15 is 0 Å². The Bertz CT molecular complexity index is 57.1. The van der Waals surface area contributed by atoms with Gasteiger partial charge < -0.3 is 5.11 Å². The number of hydrogen-bond donors (Lipinski definition) is 1. The topological polar surface area (TPSA) is 20.2 Å². The molecule has 1 N–H and O–H groups in total. The van der Waals surface area contributed by atoms with E-state index in [4.69, 9.17) is 5.11 Å². The minimum absolute atomic E-state index is 0.0156. The number of aliphatic hydroxyl groups excluding tert-OH is 1. The van der Waals surface area contributed by atoms with Crippen molar-refractivity contribution in [2.24, 2.45) is 0 Å². The zero-order valence-electron chi connectivity index (χ0n) is 4.10. The predicted molar refractivity (Wildman–Crippen MR) is 37.7 cm³/mol. The van der Waals surface area contributed by atoms with E-state index in [0.29, 0.717) is 0 Å². The Balaban J connectivity index is 2.26. The van der Waals surface area contributed by atoms with E-state index in [2.05, 4.69) is 22.6 Å². The van der Waals surface area contributed by atoms with Crippen molar-refractivity contribution < 1.29 is 5.11 Å². The van der Waals surface area contributed by atoms with Gasteiger partial charge in [0.1, 0.15) is 0 Å². The number of rotatable bonds is 0. The summed E-state index contributed by atoms with van der Waals surface area (Å²) in [5.74, 6) is 0. The maximum atomic E-state index is 8.89. The summed E-state index contributed by atoms with van der Waals surface area (Å²) in [6.45, 7) is 0. The molecule has 0 aromatic heterocycles. The summed E-state index contributed by atoms with van der Waals surface area (Å²) < 4.78 is 0.743. The van der Waals surface area contributed by atoms with Gasteiger partial charge in [-0.3, -0.25) is 0 Å². The first-order chi connectivity index (χ1) is 3.29. The molecule has 2 atom stereocenters. The Labute approximate surface area is 57.2 Å². The first kappa shape index (κ1) is 5.82. The molecule has 0 radical (unpaired) electrons. The summed E-state index contributed by atoms with van der Waals surface area (Å²) in [6.07, 6.45) is 3.26. The third-order valence-electron chi connectivity index (χ3n) is 1.34. The van der Waals surface area contributed by atoms with E-state index in [1.807, 2.05) is 0 Å². The predicted octanol–water partition coefficient (Wildman–Crippen LogP) is 1.33. The number of halogens is 1. The second kappa shape index (κ2) is 2.31. The molecule has 0 spiro atoms. The molecule has 1 rings (SSSR count). The van der Waals surface area contributed by atoms with Crippen LogP contribution in [0.1, 0.15) is 19.3 Å². The van der Waals surface area contributed by atoms with Gasteiger partial charge in [-0.2, -0.15) is 0 Å². The zero-order valence-corrected chi connectivity index (χ0v) is 6.26. The van der Waals surface area contributed by atoms with Crippen LogP contribution in [0.15, 0.2) is 0 Å². The van der Waals surface area contributed by atoms with Gasteiger partial charge in [-0.1, -0.05) is 22.6 Å². The maximum absolute atomic E-state index is 8.89. The minimum atomic E-state index is 0.0156. The van der Waals surface area contributed by atoms with Crippen molar-refractivity contribution in [2.75, 3.05) is 0 Å². The molecule has 1 fully saturated rings. The molecule has 42 valence electrons. The molecule has 0 amide bonds. The van der Waals surface area contributed by atoms with Gasteiger partial charge in [-0.15, -0.1) is 0 Å². The molecule has 0 aromatic rings. The molecule has 1 saturated carbocycles. The second-order valence-electron chi connectivity index (χ2n) is 2.06. The van der Waals surface area contributed by atoms with Crippen LogP contribution >= 0.6 is 22.6 Å². The van der Waals surface area contributed by atoms with Gasteiger partial charge >= 0.3 is 0 Å². The lowest BCUT2D eigenvalue weighted by molar-refractivity contribution is 0.184. The van der Waals surface area contributed by atoms with Gasteiger partial charge in [-0.25, -0.2) is 0 Å². The Morgan fingerprint density at radius 1 is 1.43 bits per heavy atom. The first-order valence-electron chi connectivity index (χ1n) is 2.61. The van der Waals surface area contributed by atoms with E-state index in [1.165, 1.54) is 6.42 Å². The molecule has 1 aliphatic rings. The minimum Gasteiger partial charge on any atom is -0.393 e. The molecule has 2 unspecified atom stereocenters. The van der Waals surface area contributed by atoms with Crippen LogP contribution < -0.4 is 0 Å². The smallest absolute Gasteiger partial charge is 0.0550 e. The molecule has 7 heavy (non-hydrogen) atoms. The Kier molecular flexibility index (Phi) is 1.92. The van der Waals surface area contributed by atoms with Gasteiger partial charge in [-0.05, 0) is 19.3 Å². The normalized spacial score (nSPS) is 42.0. The number of hydrogen-bond acceptors (Lipinski definition) is 1. The van der Waals surface area contributed by atoms with Crippen LogP contribution in [-0.4, -0.2) is 15.1 Å². The Hall–Kier alpha value is 0.690. The largest absolute Gasteiger partial charge is 0.393 e. The number of alkyl halides is 1. The van der Waals surface area contributed by atoms with E-state index in [-0.39, 0.29) is 6.10 Å². The zero-order chi connectivity index (χ0) is 5.28. The molecule has 0 aliphatic heterocycles. The van der Waals surface area contributed by atoms with Gasteiger partial charge in [0.15, 0.2) is 0 Å². The summed E-state index contributed by atoms with van der Waals surface area (Å²) >= 11 is 2.39. The van der Waals surface area contributed by atoms with Crippen LogP contribution in [-0.2, 0) is 0 Å². The molecule has 2 heteroatoms. The van der Waals surface area contributed by atoms with Crippen molar-refractivity contribution in [1.82, 2.24) is 0 Å². The highest BCUT2D eigenvalue weighted by Gasteiger charge is 2.19. The summed E-state index contributed by atoms with van der Waals surface area (Å²) in [5, 5.41) is 8.89. The van der Waals surface area contributed by atoms with Crippen LogP contribution in [0.4, 0.5) is 0 Å². The summed E-state index contributed by atoms with van der Waals surface area (Å²) in [5.41, 5.74) is 0. The monoisotopic (exact) mass is 212 g/mol. The highest BCUT2D eigenvalue weighted by Crippen LogP contribution is 2.25. The molecule has 1 aliphatic carbocycles. The lowest BCUT2D eigenvalue weighted by atomic mass is 10.3. The molecular weight excluding hydrogens is 203 g/mol. The number of aliphatic hydroxyl groups is 1. The van der Waals surface area contributed by atoms with Crippen molar-refractivity contribution in [1.29, 1.82) is 0 Å². The van der Waals surface area contributed by atoms with Crippen LogP contribution in [0.5, 0.6) is 0 Å². The molecule has 0 aromatic carbocycles. The molecule has 0 heterocycles. The fourth-order valence-electron chi connectivity index (χ4n) is 0.904. The highest BCUT2D eigenvalue weighted by atomic mass is 127. The van der Waals surface area contributed by atoms with Crippen molar-refractivity contribution in [3.05, 3.63) is 0 Å². The van der Waals surface area contributed by atoms with E-state index < -0.39 is 0 Å². The van der Waals surface area contributed by atoms with Crippen LogP contribution in [0, 0.1) is 0 Å². The lowest BCUT2D eigenvalue weighted by Gasteiger charge is -1.94. The molecular formula is C5H9IO. The highest BCUT2D eigenvalue weighted by molar-refractivity contribution is 14.1. The lowest BCUT2D eigenvalue weighted by Crippen LogP contribution is -1.98. The van der Waals surface area contributed by atoms with Crippen LogP contribution in [0.3, 0.4) is 0 Å². The summed E-state index contributed by atoms with van der Waals surface area (Å²) in [7, 11) is 0.